The first-order valence-electron chi connectivity index (χ1n) is 7.51. The van der Waals surface area contributed by atoms with E-state index < -0.39 is 10.0 Å². The lowest BCUT2D eigenvalue weighted by Gasteiger charge is -2.07. The van der Waals surface area contributed by atoms with E-state index >= 15 is 0 Å². The van der Waals surface area contributed by atoms with Gasteiger partial charge in [-0.3, -0.25) is 9.71 Å². The molecule has 0 radical (unpaired) electrons. The Balaban J connectivity index is 1.68. The Bertz CT molecular complexity index is 1120. The molecule has 0 bridgehead atoms. The summed E-state index contributed by atoms with van der Waals surface area (Å²) in [5.74, 6) is 0.436. The smallest absolute Gasteiger partial charge is 0.261 e. The molecule has 0 amide bonds. The SMILES string of the molecule is O=S(=O)(Nc1ccc2oc(-c3cccnc3)nc2c1)c1ccccc1. The molecule has 0 aliphatic rings. The Kier molecular flexibility index (Phi) is 3.70. The Morgan fingerprint density at radius 2 is 1.80 bits per heavy atom. The van der Waals surface area contributed by atoms with Crippen molar-refractivity contribution in [3.63, 3.8) is 0 Å². The molecule has 4 rings (SSSR count). The van der Waals surface area contributed by atoms with E-state index in [2.05, 4.69) is 14.7 Å². The molecule has 2 aromatic carbocycles. The van der Waals surface area contributed by atoms with Gasteiger partial charge >= 0.3 is 0 Å². The van der Waals surface area contributed by atoms with E-state index in [1.807, 2.05) is 6.07 Å². The molecule has 0 saturated carbocycles. The van der Waals surface area contributed by atoms with E-state index in [-0.39, 0.29) is 4.90 Å². The summed E-state index contributed by atoms with van der Waals surface area (Å²) in [6.45, 7) is 0. The molecule has 0 fully saturated rings. The standard InChI is InChI=1S/C18H13N3O3S/c22-25(23,15-6-2-1-3-7-15)21-14-8-9-17-16(11-14)20-18(24-17)13-5-4-10-19-12-13/h1-12,21H. The van der Waals surface area contributed by atoms with Crippen LogP contribution in [0.1, 0.15) is 0 Å². The highest BCUT2D eigenvalue weighted by Crippen LogP contribution is 2.26. The van der Waals surface area contributed by atoms with Gasteiger partial charge in [0.1, 0.15) is 5.52 Å². The van der Waals surface area contributed by atoms with Crippen molar-refractivity contribution in [3.05, 3.63) is 73.1 Å². The van der Waals surface area contributed by atoms with E-state index in [4.69, 9.17) is 4.42 Å². The predicted molar refractivity (Wildman–Crippen MR) is 94.5 cm³/mol. The quantitative estimate of drug-likeness (QED) is 0.606. The third-order valence-electron chi connectivity index (χ3n) is 3.60. The van der Waals surface area contributed by atoms with Crippen molar-refractivity contribution in [2.45, 2.75) is 4.90 Å². The van der Waals surface area contributed by atoms with Crippen molar-refractivity contribution < 1.29 is 12.8 Å². The molecule has 2 heterocycles. The first-order chi connectivity index (χ1) is 12.1. The lowest BCUT2D eigenvalue weighted by atomic mass is 10.3. The van der Waals surface area contributed by atoms with Crippen LogP contribution in [-0.2, 0) is 10.0 Å². The molecular formula is C18H13N3O3S. The highest BCUT2D eigenvalue weighted by Gasteiger charge is 2.15. The highest BCUT2D eigenvalue weighted by atomic mass is 32.2. The van der Waals surface area contributed by atoms with E-state index in [0.29, 0.717) is 22.7 Å². The molecule has 4 aromatic rings. The Morgan fingerprint density at radius 3 is 2.56 bits per heavy atom. The number of nitrogens with one attached hydrogen (secondary N) is 1. The highest BCUT2D eigenvalue weighted by molar-refractivity contribution is 7.92. The lowest BCUT2D eigenvalue weighted by Crippen LogP contribution is -2.12. The summed E-state index contributed by atoms with van der Waals surface area (Å²) >= 11 is 0. The van der Waals surface area contributed by atoms with Crippen LogP contribution in [0.15, 0.2) is 82.4 Å². The second-order valence-electron chi connectivity index (χ2n) is 5.36. The van der Waals surface area contributed by atoms with Crippen LogP contribution in [0.5, 0.6) is 0 Å². The van der Waals surface area contributed by atoms with Crippen molar-refractivity contribution in [3.8, 4) is 11.5 Å². The maximum absolute atomic E-state index is 12.4. The third-order valence-corrected chi connectivity index (χ3v) is 5.00. The Morgan fingerprint density at radius 1 is 0.960 bits per heavy atom. The van der Waals surface area contributed by atoms with Gasteiger partial charge in [0.15, 0.2) is 5.58 Å². The summed E-state index contributed by atoms with van der Waals surface area (Å²) < 4.78 is 33.1. The van der Waals surface area contributed by atoms with Crippen molar-refractivity contribution in [2.75, 3.05) is 4.72 Å². The monoisotopic (exact) mass is 351 g/mol. The molecule has 0 spiro atoms. The number of benzene rings is 2. The summed E-state index contributed by atoms with van der Waals surface area (Å²) in [5.41, 5.74) is 2.31. The first-order valence-corrected chi connectivity index (χ1v) is 8.99. The van der Waals surface area contributed by atoms with Gasteiger partial charge < -0.3 is 4.42 Å². The number of anilines is 1. The van der Waals surface area contributed by atoms with Crippen LogP contribution in [0.25, 0.3) is 22.6 Å². The van der Waals surface area contributed by atoms with E-state index in [0.717, 1.165) is 5.56 Å². The molecule has 7 heteroatoms. The van der Waals surface area contributed by atoms with Crippen LogP contribution in [0.3, 0.4) is 0 Å². The maximum atomic E-state index is 12.4. The summed E-state index contributed by atoms with van der Waals surface area (Å²) in [5, 5.41) is 0. The number of rotatable bonds is 4. The summed E-state index contributed by atoms with van der Waals surface area (Å²) in [6.07, 6.45) is 3.33. The number of sulfonamides is 1. The number of hydrogen-bond donors (Lipinski definition) is 1. The van der Waals surface area contributed by atoms with Gasteiger partial charge in [0, 0.05) is 12.4 Å². The number of pyridine rings is 1. The molecule has 124 valence electrons. The van der Waals surface area contributed by atoms with Gasteiger partial charge in [0.2, 0.25) is 5.89 Å². The van der Waals surface area contributed by atoms with Crippen LogP contribution >= 0.6 is 0 Å². The van der Waals surface area contributed by atoms with Crippen LogP contribution in [0.4, 0.5) is 5.69 Å². The molecule has 2 aromatic heterocycles. The van der Waals surface area contributed by atoms with Crippen LogP contribution < -0.4 is 4.72 Å². The zero-order valence-corrected chi connectivity index (χ0v) is 13.8. The fourth-order valence-electron chi connectivity index (χ4n) is 2.42. The normalized spacial score (nSPS) is 11.5. The number of oxazole rings is 1. The van der Waals surface area contributed by atoms with Crippen LogP contribution in [0.2, 0.25) is 0 Å². The number of hydrogen-bond acceptors (Lipinski definition) is 5. The van der Waals surface area contributed by atoms with Crippen molar-refractivity contribution >= 4 is 26.8 Å². The molecule has 0 unspecified atom stereocenters. The first kappa shape index (κ1) is 15.3. The van der Waals surface area contributed by atoms with E-state index in [1.54, 1.807) is 54.9 Å². The second kappa shape index (κ2) is 6.03. The molecule has 1 N–H and O–H groups in total. The van der Waals surface area contributed by atoms with Gasteiger partial charge in [0.05, 0.1) is 16.1 Å². The minimum Gasteiger partial charge on any atom is -0.436 e. The summed E-state index contributed by atoms with van der Waals surface area (Å²) in [7, 11) is -3.65. The topological polar surface area (TPSA) is 85.1 Å². The molecule has 0 aliphatic carbocycles. The molecule has 6 nitrogen and oxygen atoms in total. The molecule has 25 heavy (non-hydrogen) atoms. The van der Waals surface area contributed by atoms with Crippen molar-refractivity contribution in [2.24, 2.45) is 0 Å². The average Bonchev–Trinajstić information content (AvgIpc) is 3.06. The molecule has 0 saturated heterocycles. The zero-order chi connectivity index (χ0) is 17.3. The van der Waals surface area contributed by atoms with Gasteiger partial charge in [-0.1, -0.05) is 18.2 Å². The number of nitrogens with zero attached hydrogens (tertiary/aromatic N) is 2. The average molecular weight is 351 g/mol. The minimum atomic E-state index is -3.65. The van der Waals surface area contributed by atoms with Crippen molar-refractivity contribution in [1.82, 2.24) is 9.97 Å². The second-order valence-corrected chi connectivity index (χ2v) is 7.04. The number of aromatic nitrogens is 2. The van der Waals surface area contributed by atoms with Gasteiger partial charge in [-0.25, -0.2) is 13.4 Å². The number of fused-ring (bicyclic) bond motifs is 1. The zero-order valence-electron chi connectivity index (χ0n) is 13.0. The van der Waals surface area contributed by atoms with Crippen LogP contribution in [-0.4, -0.2) is 18.4 Å². The summed E-state index contributed by atoms with van der Waals surface area (Å²) in [4.78, 5) is 8.64. The Labute approximate surface area is 144 Å². The van der Waals surface area contributed by atoms with E-state index in [1.165, 1.54) is 12.1 Å². The van der Waals surface area contributed by atoms with Gasteiger partial charge in [-0.15, -0.1) is 0 Å². The van der Waals surface area contributed by atoms with Crippen LogP contribution in [0, 0.1) is 0 Å². The molecule has 0 aliphatic heterocycles. The van der Waals surface area contributed by atoms with E-state index in [9.17, 15) is 8.42 Å². The Hall–Kier alpha value is -3.19. The fraction of sp³-hybridized carbons (Fsp3) is 0. The van der Waals surface area contributed by atoms with Gasteiger partial charge in [-0.05, 0) is 42.5 Å². The molecule has 0 atom stereocenters. The van der Waals surface area contributed by atoms with Gasteiger partial charge in [0.25, 0.3) is 10.0 Å². The lowest BCUT2D eigenvalue weighted by molar-refractivity contribution is 0.601. The summed E-state index contributed by atoms with van der Waals surface area (Å²) in [6, 6.07) is 16.8. The fourth-order valence-corrected chi connectivity index (χ4v) is 3.49. The minimum absolute atomic E-state index is 0.200. The third kappa shape index (κ3) is 3.09. The predicted octanol–water partition coefficient (Wildman–Crippen LogP) is 3.69. The maximum Gasteiger partial charge on any atom is 0.261 e. The van der Waals surface area contributed by atoms with Gasteiger partial charge in [-0.2, -0.15) is 0 Å². The van der Waals surface area contributed by atoms with Crippen molar-refractivity contribution in [1.29, 1.82) is 0 Å². The largest absolute Gasteiger partial charge is 0.436 e. The molecular weight excluding hydrogens is 338 g/mol.